The molecular weight excluding hydrogens is 186 g/mol. The van der Waals surface area contributed by atoms with E-state index in [1.807, 2.05) is 0 Å². The number of hydrogen-bond donors (Lipinski definition) is 1. The first-order valence-electron chi connectivity index (χ1n) is 4.47. The van der Waals surface area contributed by atoms with Gasteiger partial charge in [-0.05, 0) is 12.3 Å². The number of rotatable bonds is 1. The molecule has 0 amide bonds. The van der Waals surface area contributed by atoms with Crippen molar-refractivity contribution in [1.29, 1.82) is 0 Å². The van der Waals surface area contributed by atoms with Gasteiger partial charge in [-0.25, -0.2) is 4.98 Å². The van der Waals surface area contributed by atoms with Crippen LogP contribution in [0.2, 0.25) is 0 Å². The van der Waals surface area contributed by atoms with Crippen molar-refractivity contribution in [1.82, 2.24) is 9.36 Å². The van der Waals surface area contributed by atoms with Gasteiger partial charge in [-0.1, -0.05) is 6.92 Å². The van der Waals surface area contributed by atoms with Crippen LogP contribution in [0.25, 0.3) is 0 Å². The predicted octanol–water partition coefficient (Wildman–Crippen LogP) is 0.745. The minimum Gasteiger partial charge on any atom is -0.393 e. The molecule has 1 saturated heterocycles. The van der Waals surface area contributed by atoms with Crippen LogP contribution in [-0.4, -0.2) is 33.7 Å². The van der Waals surface area contributed by atoms with Gasteiger partial charge in [0.05, 0.1) is 6.10 Å². The molecule has 1 aliphatic heterocycles. The second kappa shape index (κ2) is 3.59. The zero-order valence-corrected chi connectivity index (χ0v) is 8.37. The molecule has 0 radical (unpaired) electrons. The third-order valence-electron chi connectivity index (χ3n) is 2.48. The highest BCUT2D eigenvalue weighted by atomic mass is 32.1. The van der Waals surface area contributed by atoms with Gasteiger partial charge in [-0.3, -0.25) is 0 Å². The minimum absolute atomic E-state index is 0.149. The van der Waals surface area contributed by atoms with Crippen molar-refractivity contribution >= 4 is 16.7 Å². The van der Waals surface area contributed by atoms with Crippen LogP contribution >= 0.6 is 11.5 Å². The zero-order chi connectivity index (χ0) is 9.26. The van der Waals surface area contributed by atoms with Gasteiger partial charge >= 0.3 is 0 Å². The lowest BCUT2D eigenvalue weighted by molar-refractivity contribution is 0.0971. The van der Waals surface area contributed by atoms with Crippen LogP contribution in [0.1, 0.15) is 13.3 Å². The quantitative estimate of drug-likeness (QED) is 0.725. The van der Waals surface area contributed by atoms with Crippen LogP contribution in [-0.2, 0) is 0 Å². The molecule has 1 aromatic heterocycles. The first-order valence-corrected chi connectivity index (χ1v) is 5.24. The number of aromatic nitrogens is 2. The molecule has 2 unspecified atom stereocenters. The predicted molar refractivity (Wildman–Crippen MR) is 51.9 cm³/mol. The van der Waals surface area contributed by atoms with E-state index in [0.29, 0.717) is 5.92 Å². The van der Waals surface area contributed by atoms with E-state index in [2.05, 4.69) is 21.2 Å². The molecule has 0 aliphatic carbocycles. The van der Waals surface area contributed by atoms with E-state index in [9.17, 15) is 5.11 Å². The second-order valence-corrected chi connectivity index (χ2v) is 4.26. The lowest BCUT2D eigenvalue weighted by Gasteiger charge is -2.33. The fourth-order valence-corrected chi connectivity index (χ4v) is 2.18. The number of piperidine rings is 1. The van der Waals surface area contributed by atoms with Gasteiger partial charge in [0.2, 0.25) is 5.13 Å². The van der Waals surface area contributed by atoms with Crippen molar-refractivity contribution in [2.75, 3.05) is 18.0 Å². The maximum absolute atomic E-state index is 9.53. The number of aliphatic hydroxyl groups is 1. The Balaban J connectivity index is 2.03. The van der Waals surface area contributed by atoms with E-state index in [1.54, 1.807) is 6.33 Å². The Morgan fingerprint density at radius 2 is 2.54 bits per heavy atom. The van der Waals surface area contributed by atoms with E-state index in [1.165, 1.54) is 11.5 Å². The summed E-state index contributed by atoms with van der Waals surface area (Å²) >= 11 is 1.42. The Kier molecular flexibility index (Phi) is 2.46. The van der Waals surface area contributed by atoms with E-state index in [-0.39, 0.29) is 6.10 Å². The second-order valence-electron chi connectivity index (χ2n) is 3.50. The highest BCUT2D eigenvalue weighted by Crippen LogP contribution is 2.23. The van der Waals surface area contributed by atoms with Gasteiger partial charge in [-0.2, -0.15) is 4.37 Å². The van der Waals surface area contributed by atoms with E-state index in [4.69, 9.17) is 0 Å². The monoisotopic (exact) mass is 199 g/mol. The van der Waals surface area contributed by atoms with E-state index >= 15 is 0 Å². The number of hydrogen-bond acceptors (Lipinski definition) is 5. The Morgan fingerprint density at radius 1 is 1.69 bits per heavy atom. The molecule has 0 spiro atoms. The zero-order valence-electron chi connectivity index (χ0n) is 7.55. The molecule has 72 valence electrons. The summed E-state index contributed by atoms with van der Waals surface area (Å²) in [7, 11) is 0. The molecule has 0 aromatic carbocycles. The molecule has 1 N–H and O–H groups in total. The van der Waals surface area contributed by atoms with Crippen molar-refractivity contribution in [2.24, 2.45) is 5.92 Å². The summed E-state index contributed by atoms with van der Waals surface area (Å²) in [5.41, 5.74) is 0. The van der Waals surface area contributed by atoms with Crippen LogP contribution in [0, 0.1) is 5.92 Å². The first-order chi connectivity index (χ1) is 6.27. The van der Waals surface area contributed by atoms with Crippen LogP contribution in [0.15, 0.2) is 6.33 Å². The first kappa shape index (κ1) is 8.90. The third-order valence-corrected chi connectivity index (χ3v) is 3.21. The van der Waals surface area contributed by atoms with Gasteiger partial charge in [0.1, 0.15) is 6.33 Å². The Hall–Kier alpha value is -0.680. The van der Waals surface area contributed by atoms with Crippen LogP contribution < -0.4 is 4.90 Å². The van der Waals surface area contributed by atoms with Gasteiger partial charge < -0.3 is 10.0 Å². The Labute approximate surface area is 81.4 Å². The maximum Gasteiger partial charge on any atom is 0.204 e. The average molecular weight is 199 g/mol. The summed E-state index contributed by atoms with van der Waals surface area (Å²) in [4.78, 5) is 6.34. The number of anilines is 1. The Morgan fingerprint density at radius 3 is 3.15 bits per heavy atom. The minimum atomic E-state index is -0.149. The molecule has 2 rings (SSSR count). The summed E-state index contributed by atoms with van der Waals surface area (Å²) in [6.07, 6.45) is 2.26. The van der Waals surface area contributed by atoms with E-state index < -0.39 is 0 Å². The molecule has 2 heterocycles. The lowest BCUT2D eigenvalue weighted by Crippen LogP contribution is -2.41. The highest BCUT2D eigenvalue weighted by Gasteiger charge is 2.25. The molecule has 0 bridgehead atoms. The summed E-state index contributed by atoms with van der Waals surface area (Å²) in [5.74, 6) is 0.331. The summed E-state index contributed by atoms with van der Waals surface area (Å²) in [5, 5.41) is 10.5. The average Bonchev–Trinajstić information content (AvgIpc) is 2.62. The largest absolute Gasteiger partial charge is 0.393 e. The van der Waals surface area contributed by atoms with Gasteiger partial charge in [0.15, 0.2) is 0 Å². The lowest BCUT2D eigenvalue weighted by atomic mass is 9.97. The van der Waals surface area contributed by atoms with Crippen molar-refractivity contribution < 1.29 is 5.11 Å². The topological polar surface area (TPSA) is 49.2 Å². The maximum atomic E-state index is 9.53. The molecule has 4 nitrogen and oxygen atoms in total. The van der Waals surface area contributed by atoms with Crippen molar-refractivity contribution in [3.63, 3.8) is 0 Å². The molecule has 2 atom stereocenters. The van der Waals surface area contributed by atoms with Crippen LogP contribution in [0.5, 0.6) is 0 Å². The van der Waals surface area contributed by atoms with Gasteiger partial charge in [0, 0.05) is 24.6 Å². The van der Waals surface area contributed by atoms with Crippen molar-refractivity contribution in [3.05, 3.63) is 6.33 Å². The SMILES string of the molecule is CC1CN(c2ncns2)CCC1O. The van der Waals surface area contributed by atoms with Crippen molar-refractivity contribution in [3.8, 4) is 0 Å². The molecule has 1 aliphatic rings. The summed E-state index contributed by atoms with van der Waals surface area (Å²) in [6.45, 7) is 3.84. The van der Waals surface area contributed by atoms with Crippen LogP contribution in [0.4, 0.5) is 5.13 Å². The molecule has 13 heavy (non-hydrogen) atoms. The standard InChI is InChI=1S/C8H13N3OS/c1-6-4-11(3-2-7(6)12)8-9-5-10-13-8/h5-7,12H,2-4H2,1H3. The fraction of sp³-hybridized carbons (Fsp3) is 0.750. The summed E-state index contributed by atoms with van der Waals surface area (Å²) in [6, 6.07) is 0. The molecular formula is C8H13N3OS. The fourth-order valence-electron chi connectivity index (χ4n) is 1.61. The Bertz CT molecular complexity index is 264. The summed E-state index contributed by atoms with van der Waals surface area (Å²) < 4.78 is 3.97. The van der Waals surface area contributed by atoms with Gasteiger partial charge in [-0.15, -0.1) is 0 Å². The van der Waals surface area contributed by atoms with Crippen molar-refractivity contribution in [2.45, 2.75) is 19.4 Å². The third kappa shape index (κ3) is 1.81. The van der Waals surface area contributed by atoms with Crippen LogP contribution in [0.3, 0.4) is 0 Å². The molecule has 0 saturated carbocycles. The molecule has 1 aromatic rings. The molecule has 1 fully saturated rings. The smallest absolute Gasteiger partial charge is 0.204 e. The molecule has 5 heteroatoms. The number of nitrogens with zero attached hydrogens (tertiary/aromatic N) is 3. The highest BCUT2D eigenvalue weighted by molar-refractivity contribution is 7.09. The number of aliphatic hydroxyl groups excluding tert-OH is 1. The van der Waals surface area contributed by atoms with E-state index in [0.717, 1.165) is 24.6 Å². The van der Waals surface area contributed by atoms with Gasteiger partial charge in [0.25, 0.3) is 0 Å². The normalized spacial score (nSPS) is 29.2.